The summed E-state index contributed by atoms with van der Waals surface area (Å²) in [5, 5.41) is 0. The molecule has 0 unspecified atom stereocenters. The molecule has 0 aliphatic carbocycles. The second kappa shape index (κ2) is 4.60. The highest BCUT2D eigenvalue weighted by molar-refractivity contribution is 5.38. The molecule has 0 aromatic carbocycles. The van der Waals surface area contributed by atoms with Crippen LogP contribution in [0.3, 0.4) is 0 Å². The van der Waals surface area contributed by atoms with Crippen LogP contribution in [-0.4, -0.2) is 23.1 Å². The number of likely N-dealkylation sites (N-methyl/N-ethyl adjacent to an activating group) is 1. The summed E-state index contributed by atoms with van der Waals surface area (Å²) >= 11 is 0. The third kappa shape index (κ3) is 2.73. The molecular formula is C10H16N4. The molecule has 0 aliphatic rings. The molecule has 1 rings (SSSR count). The maximum absolute atomic E-state index is 5.58. The minimum Gasteiger partial charge on any atom is -0.384 e. The lowest BCUT2D eigenvalue weighted by molar-refractivity contribution is 0.835. The van der Waals surface area contributed by atoms with Gasteiger partial charge in [0, 0.05) is 19.3 Å². The van der Waals surface area contributed by atoms with Crippen molar-refractivity contribution in [1.29, 1.82) is 0 Å². The average Bonchev–Trinajstić information content (AvgIpc) is 2.14. The number of anilines is 2. The summed E-state index contributed by atoms with van der Waals surface area (Å²) in [5.74, 6) is 1.16. The van der Waals surface area contributed by atoms with Crippen molar-refractivity contribution in [3.05, 3.63) is 24.4 Å². The number of rotatable bonds is 4. The smallest absolute Gasteiger partial charge is 0.227 e. The van der Waals surface area contributed by atoms with Gasteiger partial charge in [0.2, 0.25) is 5.95 Å². The predicted octanol–water partition coefficient (Wildman–Crippen LogP) is 1.46. The van der Waals surface area contributed by atoms with Crippen LogP contribution in [0, 0.1) is 0 Å². The Labute approximate surface area is 84.5 Å². The second-order valence-electron chi connectivity index (χ2n) is 3.25. The van der Waals surface area contributed by atoms with E-state index in [1.165, 1.54) is 0 Å². The summed E-state index contributed by atoms with van der Waals surface area (Å²) in [7, 11) is 0. The largest absolute Gasteiger partial charge is 0.384 e. The Morgan fingerprint density at radius 2 is 2.36 bits per heavy atom. The number of hydrogen-bond donors (Lipinski definition) is 1. The molecule has 1 aromatic heterocycles. The molecule has 4 nitrogen and oxygen atoms in total. The van der Waals surface area contributed by atoms with Crippen LogP contribution < -0.4 is 10.6 Å². The Morgan fingerprint density at radius 3 is 2.86 bits per heavy atom. The normalized spacial score (nSPS) is 9.86. The van der Waals surface area contributed by atoms with Crippen molar-refractivity contribution in [3.8, 4) is 0 Å². The third-order valence-electron chi connectivity index (χ3n) is 1.79. The van der Waals surface area contributed by atoms with Gasteiger partial charge in [-0.3, -0.25) is 0 Å². The van der Waals surface area contributed by atoms with E-state index in [0.717, 1.165) is 18.7 Å². The first-order valence-corrected chi connectivity index (χ1v) is 4.61. The van der Waals surface area contributed by atoms with Gasteiger partial charge < -0.3 is 10.6 Å². The monoisotopic (exact) mass is 192 g/mol. The van der Waals surface area contributed by atoms with Gasteiger partial charge in [-0.25, -0.2) is 4.98 Å². The van der Waals surface area contributed by atoms with Crippen molar-refractivity contribution in [2.75, 3.05) is 23.7 Å². The molecule has 76 valence electrons. The first kappa shape index (κ1) is 10.5. The van der Waals surface area contributed by atoms with Gasteiger partial charge in [-0.15, -0.1) is 0 Å². The fourth-order valence-electron chi connectivity index (χ4n) is 1.16. The molecule has 1 heterocycles. The van der Waals surface area contributed by atoms with Crippen LogP contribution in [-0.2, 0) is 0 Å². The van der Waals surface area contributed by atoms with E-state index in [0.29, 0.717) is 11.8 Å². The van der Waals surface area contributed by atoms with Crippen LogP contribution in [0.15, 0.2) is 24.4 Å². The van der Waals surface area contributed by atoms with Crippen LogP contribution in [0.4, 0.5) is 11.8 Å². The fraction of sp³-hybridized carbons (Fsp3) is 0.400. The molecule has 0 radical (unpaired) electrons. The molecule has 0 atom stereocenters. The van der Waals surface area contributed by atoms with Gasteiger partial charge in [0.25, 0.3) is 0 Å². The van der Waals surface area contributed by atoms with Crippen molar-refractivity contribution in [1.82, 2.24) is 9.97 Å². The molecule has 0 aliphatic heterocycles. The number of aromatic nitrogens is 2. The zero-order chi connectivity index (χ0) is 10.6. The van der Waals surface area contributed by atoms with Crippen LogP contribution >= 0.6 is 0 Å². The van der Waals surface area contributed by atoms with E-state index < -0.39 is 0 Å². The van der Waals surface area contributed by atoms with E-state index in [1.807, 2.05) is 11.8 Å². The van der Waals surface area contributed by atoms with Gasteiger partial charge in [-0.05, 0) is 19.9 Å². The molecule has 0 spiro atoms. The molecule has 14 heavy (non-hydrogen) atoms. The molecule has 0 bridgehead atoms. The van der Waals surface area contributed by atoms with Gasteiger partial charge in [0.1, 0.15) is 5.82 Å². The van der Waals surface area contributed by atoms with Crippen LogP contribution in [0.25, 0.3) is 0 Å². The van der Waals surface area contributed by atoms with Crippen LogP contribution in [0.1, 0.15) is 13.8 Å². The molecule has 0 fully saturated rings. The van der Waals surface area contributed by atoms with Gasteiger partial charge in [0.05, 0.1) is 0 Å². The Kier molecular flexibility index (Phi) is 3.45. The zero-order valence-corrected chi connectivity index (χ0v) is 8.70. The van der Waals surface area contributed by atoms with E-state index in [2.05, 4.69) is 23.5 Å². The Morgan fingerprint density at radius 1 is 1.64 bits per heavy atom. The molecular weight excluding hydrogens is 176 g/mol. The average molecular weight is 192 g/mol. The number of nitrogen functional groups attached to an aromatic ring is 1. The van der Waals surface area contributed by atoms with Gasteiger partial charge in [-0.1, -0.05) is 12.2 Å². The first-order valence-electron chi connectivity index (χ1n) is 4.61. The lowest BCUT2D eigenvalue weighted by Gasteiger charge is -2.20. The van der Waals surface area contributed by atoms with Crippen molar-refractivity contribution < 1.29 is 0 Å². The topological polar surface area (TPSA) is 55.0 Å². The van der Waals surface area contributed by atoms with Gasteiger partial charge in [-0.2, -0.15) is 4.98 Å². The second-order valence-corrected chi connectivity index (χ2v) is 3.25. The third-order valence-corrected chi connectivity index (χ3v) is 1.79. The molecule has 4 heteroatoms. The summed E-state index contributed by atoms with van der Waals surface area (Å²) < 4.78 is 0. The predicted molar refractivity (Wildman–Crippen MR) is 59.1 cm³/mol. The number of nitrogens with zero attached hydrogens (tertiary/aromatic N) is 3. The summed E-state index contributed by atoms with van der Waals surface area (Å²) in [6.07, 6.45) is 1.67. The van der Waals surface area contributed by atoms with Gasteiger partial charge in [0.15, 0.2) is 0 Å². The van der Waals surface area contributed by atoms with E-state index in [4.69, 9.17) is 5.73 Å². The fourth-order valence-corrected chi connectivity index (χ4v) is 1.16. The van der Waals surface area contributed by atoms with E-state index in [1.54, 1.807) is 12.3 Å². The van der Waals surface area contributed by atoms with Crippen LogP contribution in [0.2, 0.25) is 0 Å². The lowest BCUT2D eigenvalue weighted by Crippen LogP contribution is -2.26. The minimum atomic E-state index is 0.496. The highest BCUT2D eigenvalue weighted by atomic mass is 15.2. The van der Waals surface area contributed by atoms with Crippen molar-refractivity contribution >= 4 is 11.8 Å². The minimum absolute atomic E-state index is 0.496. The summed E-state index contributed by atoms with van der Waals surface area (Å²) in [6.45, 7) is 9.50. The molecule has 0 saturated carbocycles. The molecule has 0 saturated heterocycles. The van der Waals surface area contributed by atoms with Crippen molar-refractivity contribution in [2.45, 2.75) is 13.8 Å². The molecule has 0 amide bonds. The summed E-state index contributed by atoms with van der Waals surface area (Å²) in [6, 6.07) is 1.68. The Balaban J connectivity index is 2.83. The standard InChI is InChI=1S/C10H16N4/c1-4-14(7-8(2)3)10-12-6-5-9(11)13-10/h5-6H,2,4,7H2,1,3H3,(H2,11,12,13). The molecule has 1 aromatic rings. The number of nitrogens with two attached hydrogens (primary N) is 1. The summed E-state index contributed by atoms with van der Waals surface area (Å²) in [5.41, 5.74) is 6.66. The van der Waals surface area contributed by atoms with Crippen molar-refractivity contribution in [3.63, 3.8) is 0 Å². The quantitative estimate of drug-likeness (QED) is 0.734. The lowest BCUT2D eigenvalue weighted by atomic mass is 10.3. The Hall–Kier alpha value is -1.58. The van der Waals surface area contributed by atoms with Gasteiger partial charge >= 0.3 is 0 Å². The first-order chi connectivity index (χ1) is 6.63. The van der Waals surface area contributed by atoms with E-state index >= 15 is 0 Å². The highest BCUT2D eigenvalue weighted by Crippen LogP contribution is 2.09. The molecule has 2 N–H and O–H groups in total. The highest BCUT2D eigenvalue weighted by Gasteiger charge is 2.06. The van der Waals surface area contributed by atoms with E-state index in [9.17, 15) is 0 Å². The maximum atomic E-state index is 5.58. The summed E-state index contributed by atoms with van der Waals surface area (Å²) in [4.78, 5) is 10.3. The van der Waals surface area contributed by atoms with Crippen molar-refractivity contribution in [2.24, 2.45) is 0 Å². The maximum Gasteiger partial charge on any atom is 0.227 e. The van der Waals surface area contributed by atoms with Crippen LogP contribution in [0.5, 0.6) is 0 Å². The SMILES string of the molecule is C=C(C)CN(CC)c1nccc(N)n1. The number of hydrogen-bond acceptors (Lipinski definition) is 4. The zero-order valence-electron chi connectivity index (χ0n) is 8.70. The Bertz CT molecular complexity index is 322. The van der Waals surface area contributed by atoms with E-state index in [-0.39, 0.29) is 0 Å².